The summed E-state index contributed by atoms with van der Waals surface area (Å²) in [5.41, 5.74) is 2.04. The topological polar surface area (TPSA) is 65.3 Å². The van der Waals surface area contributed by atoms with Gasteiger partial charge in [-0.3, -0.25) is 9.47 Å². The number of piperidine rings is 1. The monoisotopic (exact) mass is 549 g/mol. The van der Waals surface area contributed by atoms with Crippen molar-refractivity contribution in [2.24, 2.45) is 0 Å². The molecule has 0 N–H and O–H groups in total. The van der Waals surface area contributed by atoms with E-state index in [4.69, 9.17) is 19.4 Å². The molecule has 4 heterocycles. The van der Waals surface area contributed by atoms with Gasteiger partial charge in [0.2, 0.25) is 0 Å². The van der Waals surface area contributed by atoms with Crippen molar-refractivity contribution in [2.45, 2.75) is 84.4 Å². The molecule has 208 valence electrons. The molecule has 7 nitrogen and oxygen atoms in total. The van der Waals surface area contributed by atoms with Gasteiger partial charge in [0.15, 0.2) is 5.65 Å². The number of aromatic nitrogens is 4. The number of halogens is 3. The Bertz CT molecular complexity index is 1260. The maximum Gasteiger partial charge on any atom is 0.433 e. The molecule has 0 radical (unpaired) electrons. The third kappa shape index (κ3) is 7.12. The fourth-order valence-electron chi connectivity index (χ4n) is 4.72. The second-order valence-corrected chi connectivity index (χ2v) is 17.0. The average Bonchev–Trinajstić information content (AvgIpc) is 3.14. The second kappa shape index (κ2) is 11.3. The first-order valence-electron chi connectivity index (χ1n) is 13.2. The van der Waals surface area contributed by atoms with Gasteiger partial charge in [0.1, 0.15) is 35.6 Å². The number of pyridine rings is 2. The molecule has 3 aromatic rings. The molecular weight excluding hydrogens is 511 g/mol. The van der Waals surface area contributed by atoms with Crippen molar-refractivity contribution in [2.75, 3.05) is 19.7 Å². The number of imidazole rings is 1. The molecule has 0 aliphatic carbocycles. The molecule has 0 amide bonds. The van der Waals surface area contributed by atoms with Gasteiger partial charge in [-0.25, -0.2) is 15.0 Å². The SMILES string of the molecule is Cc1cc(OC2CCCN(C(C)c3cnc4c(c3)nc(C)n4COCC[Si](C)(C)C)C2)cc(C(F)(F)F)n1. The Balaban J connectivity index is 1.43. The molecule has 0 spiro atoms. The molecule has 2 unspecified atom stereocenters. The molecule has 1 fully saturated rings. The van der Waals surface area contributed by atoms with Crippen LogP contribution in [-0.4, -0.2) is 58.3 Å². The van der Waals surface area contributed by atoms with Gasteiger partial charge < -0.3 is 9.47 Å². The van der Waals surface area contributed by atoms with Gasteiger partial charge in [0.25, 0.3) is 0 Å². The van der Waals surface area contributed by atoms with Crippen LogP contribution in [0.3, 0.4) is 0 Å². The molecule has 1 saturated heterocycles. The van der Waals surface area contributed by atoms with Crippen LogP contribution in [0, 0.1) is 13.8 Å². The minimum Gasteiger partial charge on any atom is -0.489 e. The van der Waals surface area contributed by atoms with Crippen molar-refractivity contribution in [1.29, 1.82) is 0 Å². The van der Waals surface area contributed by atoms with E-state index < -0.39 is 19.9 Å². The van der Waals surface area contributed by atoms with Gasteiger partial charge in [-0.1, -0.05) is 19.6 Å². The molecule has 1 aliphatic rings. The fourth-order valence-corrected chi connectivity index (χ4v) is 5.48. The quantitative estimate of drug-likeness (QED) is 0.228. The molecule has 1 aliphatic heterocycles. The third-order valence-electron chi connectivity index (χ3n) is 6.97. The highest BCUT2D eigenvalue weighted by atomic mass is 28.3. The predicted octanol–water partition coefficient (Wildman–Crippen LogP) is 6.38. The number of ether oxygens (including phenoxy) is 2. The molecule has 2 atom stereocenters. The largest absolute Gasteiger partial charge is 0.489 e. The van der Waals surface area contributed by atoms with Crippen molar-refractivity contribution in [1.82, 2.24) is 24.4 Å². The van der Waals surface area contributed by atoms with Crippen molar-refractivity contribution in [3.63, 3.8) is 0 Å². The number of alkyl halides is 3. The summed E-state index contributed by atoms with van der Waals surface area (Å²) in [7, 11) is -1.15. The predicted molar refractivity (Wildman–Crippen MR) is 144 cm³/mol. The summed E-state index contributed by atoms with van der Waals surface area (Å²) in [6.07, 6.45) is -1.15. The van der Waals surface area contributed by atoms with Crippen LogP contribution < -0.4 is 4.74 Å². The van der Waals surface area contributed by atoms with Crippen LogP contribution in [-0.2, 0) is 17.6 Å². The summed E-state index contributed by atoms with van der Waals surface area (Å²) in [4.78, 5) is 15.4. The van der Waals surface area contributed by atoms with E-state index in [0.717, 1.165) is 60.7 Å². The van der Waals surface area contributed by atoms with Crippen LogP contribution in [0.15, 0.2) is 24.4 Å². The van der Waals surface area contributed by atoms with Gasteiger partial charge in [-0.2, -0.15) is 13.2 Å². The number of hydrogen-bond acceptors (Lipinski definition) is 6. The van der Waals surface area contributed by atoms with E-state index in [0.29, 0.717) is 13.3 Å². The lowest BCUT2D eigenvalue weighted by Crippen LogP contribution is -2.42. The summed E-state index contributed by atoms with van der Waals surface area (Å²) in [5.74, 6) is 1.07. The Morgan fingerprint density at radius 1 is 1.13 bits per heavy atom. The molecule has 0 aromatic carbocycles. The third-order valence-corrected chi connectivity index (χ3v) is 8.68. The smallest absolute Gasteiger partial charge is 0.433 e. The lowest BCUT2D eigenvalue weighted by molar-refractivity contribution is -0.141. The number of aryl methyl sites for hydroxylation is 2. The van der Waals surface area contributed by atoms with Crippen LogP contribution in [0.1, 0.15) is 48.6 Å². The molecule has 3 aromatic heterocycles. The van der Waals surface area contributed by atoms with Crippen molar-refractivity contribution < 1.29 is 22.6 Å². The lowest BCUT2D eigenvalue weighted by Gasteiger charge is -2.37. The summed E-state index contributed by atoms with van der Waals surface area (Å²) < 4.78 is 53.6. The first-order chi connectivity index (χ1) is 17.8. The summed E-state index contributed by atoms with van der Waals surface area (Å²) in [5, 5.41) is 0. The Hall–Kier alpha value is -2.50. The minimum atomic E-state index is -4.51. The van der Waals surface area contributed by atoms with Gasteiger partial charge >= 0.3 is 6.18 Å². The number of likely N-dealkylation sites (tertiary alicyclic amines) is 1. The molecular formula is C27H38F3N5O2Si. The van der Waals surface area contributed by atoms with Gasteiger partial charge in [-0.05, 0) is 57.8 Å². The normalized spacial score (nSPS) is 18.2. The van der Waals surface area contributed by atoms with E-state index in [1.165, 1.54) is 0 Å². The van der Waals surface area contributed by atoms with Gasteiger partial charge in [-0.15, -0.1) is 0 Å². The maximum absolute atomic E-state index is 13.2. The van der Waals surface area contributed by atoms with E-state index in [2.05, 4.69) is 42.5 Å². The minimum absolute atomic E-state index is 0.0571. The lowest BCUT2D eigenvalue weighted by atomic mass is 10.0. The average molecular weight is 550 g/mol. The van der Waals surface area contributed by atoms with Crippen LogP contribution in [0.4, 0.5) is 13.2 Å². The second-order valence-electron chi connectivity index (χ2n) is 11.4. The summed E-state index contributed by atoms with van der Waals surface area (Å²) in [6.45, 7) is 15.3. The van der Waals surface area contributed by atoms with Crippen LogP contribution in [0.5, 0.6) is 5.75 Å². The van der Waals surface area contributed by atoms with E-state index in [-0.39, 0.29) is 23.6 Å². The van der Waals surface area contributed by atoms with E-state index in [9.17, 15) is 13.2 Å². The van der Waals surface area contributed by atoms with E-state index >= 15 is 0 Å². The Morgan fingerprint density at radius 3 is 2.61 bits per heavy atom. The first kappa shape index (κ1) is 28.5. The zero-order valence-electron chi connectivity index (χ0n) is 23.1. The zero-order valence-corrected chi connectivity index (χ0v) is 24.1. The number of fused-ring (bicyclic) bond motifs is 1. The molecule has 38 heavy (non-hydrogen) atoms. The van der Waals surface area contributed by atoms with E-state index in [1.807, 2.05) is 17.7 Å². The van der Waals surface area contributed by atoms with Gasteiger partial charge in [0, 0.05) is 51.3 Å². The Kier molecular flexibility index (Phi) is 8.48. The standard InChI is InChI=1S/C27H38F3N5O2Si/c1-18-12-23(14-25(32-18)27(28,29)30)37-22-8-7-9-34(16-22)19(2)21-13-24-26(31-15-21)35(20(3)33-24)17-36-10-11-38(4,5)6/h12-15,19,22H,7-11,16-17H2,1-6H3. The number of rotatable bonds is 9. The molecule has 4 rings (SSSR count). The highest BCUT2D eigenvalue weighted by Crippen LogP contribution is 2.32. The molecule has 0 saturated carbocycles. The molecule has 11 heteroatoms. The number of nitrogens with zero attached hydrogens (tertiary/aromatic N) is 5. The van der Waals surface area contributed by atoms with Gasteiger partial charge in [0.05, 0.1) is 0 Å². The Morgan fingerprint density at radius 2 is 1.89 bits per heavy atom. The van der Waals surface area contributed by atoms with Crippen molar-refractivity contribution in [3.05, 3.63) is 47.2 Å². The highest BCUT2D eigenvalue weighted by Gasteiger charge is 2.34. The number of hydrogen-bond donors (Lipinski definition) is 0. The Labute approximate surface area is 223 Å². The summed E-state index contributed by atoms with van der Waals surface area (Å²) >= 11 is 0. The van der Waals surface area contributed by atoms with Crippen molar-refractivity contribution >= 4 is 19.2 Å². The first-order valence-corrected chi connectivity index (χ1v) is 16.9. The fraction of sp³-hybridized carbons (Fsp3) is 0.593. The zero-order chi connectivity index (χ0) is 27.7. The summed E-state index contributed by atoms with van der Waals surface area (Å²) in [6, 6.07) is 5.79. The van der Waals surface area contributed by atoms with Crippen molar-refractivity contribution in [3.8, 4) is 5.75 Å². The van der Waals surface area contributed by atoms with Crippen LogP contribution >= 0.6 is 0 Å². The van der Waals surface area contributed by atoms with Crippen LogP contribution in [0.25, 0.3) is 11.2 Å². The van der Waals surface area contributed by atoms with Crippen LogP contribution in [0.2, 0.25) is 25.7 Å². The highest BCUT2D eigenvalue weighted by molar-refractivity contribution is 6.76. The maximum atomic E-state index is 13.2. The van der Waals surface area contributed by atoms with E-state index in [1.54, 1.807) is 13.0 Å². The molecule has 0 bridgehead atoms.